The molecule has 0 saturated carbocycles. The van der Waals surface area contributed by atoms with Crippen LogP contribution in [0.3, 0.4) is 0 Å². The summed E-state index contributed by atoms with van der Waals surface area (Å²) in [6.07, 6.45) is 0. The highest BCUT2D eigenvalue weighted by atomic mass is 32.2. The minimum Gasteiger partial charge on any atom is -0.495 e. The van der Waals surface area contributed by atoms with Crippen molar-refractivity contribution in [3.05, 3.63) is 53.1 Å². The number of rotatable bonds is 6. The van der Waals surface area contributed by atoms with E-state index < -0.39 is 22.0 Å². The molecule has 0 spiro atoms. The van der Waals surface area contributed by atoms with Crippen LogP contribution in [0.1, 0.15) is 23.6 Å². The molecule has 26 heavy (non-hydrogen) atoms. The molecule has 0 bridgehead atoms. The number of hydrogen-bond acceptors (Lipinski definition) is 4. The molecule has 6 nitrogen and oxygen atoms in total. The summed E-state index contributed by atoms with van der Waals surface area (Å²) in [6.45, 7) is 7.14. The van der Waals surface area contributed by atoms with Crippen LogP contribution in [0.15, 0.2) is 41.3 Å². The van der Waals surface area contributed by atoms with E-state index in [1.165, 1.54) is 20.1 Å². The Bertz CT molecular complexity index is 903. The molecular formula is C19H24N2O4S. The molecule has 7 heteroatoms. The second-order valence-electron chi connectivity index (χ2n) is 6.36. The van der Waals surface area contributed by atoms with Crippen molar-refractivity contribution < 1.29 is 17.9 Å². The van der Waals surface area contributed by atoms with Crippen molar-refractivity contribution in [3.8, 4) is 5.75 Å². The number of aryl methyl sites for hydroxylation is 3. The minimum absolute atomic E-state index is 0.00560. The van der Waals surface area contributed by atoms with E-state index >= 15 is 0 Å². The molecule has 0 unspecified atom stereocenters. The SMILES string of the molecule is COc1ccc(C)cc1S(=O)(=O)N[C@@H](C)C(=O)Nc1cc(C)cc(C)c1. The first-order valence-electron chi connectivity index (χ1n) is 8.18. The predicted molar refractivity (Wildman–Crippen MR) is 102 cm³/mol. The Hall–Kier alpha value is -2.38. The lowest BCUT2D eigenvalue weighted by molar-refractivity contribution is -0.117. The van der Waals surface area contributed by atoms with E-state index in [0.717, 1.165) is 16.7 Å². The molecule has 2 aromatic carbocycles. The maximum atomic E-state index is 12.7. The molecule has 0 aromatic heterocycles. The molecule has 0 aliphatic heterocycles. The average molecular weight is 376 g/mol. The normalized spacial score (nSPS) is 12.5. The number of ether oxygens (including phenoxy) is 1. The van der Waals surface area contributed by atoms with Gasteiger partial charge in [0.1, 0.15) is 10.6 Å². The zero-order chi connectivity index (χ0) is 19.5. The molecule has 2 rings (SSSR count). The fourth-order valence-corrected chi connectivity index (χ4v) is 4.10. The lowest BCUT2D eigenvalue weighted by Gasteiger charge is -2.16. The van der Waals surface area contributed by atoms with Crippen molar-refractivity contribution in [1.82, 2.24) is 4.72 Å². The first-order chi connectivity index (χ1) is 12.1. The monoisotopic (exact) mass is 376 g/mol. The first kappa shape index (κ1) is 19.9. The van der Waals surface area contributed by atoms with E-state index in [4.69, 9.17) is 4.74 Å². The number of amides is 1. The number of sulfonamides is 1. The van der Waals surface area contributed by atoms with Crippen molar-refractivity contribution in [2.75, 3.05) is 12.4 Å². The summed E-state index contributed by atoms with van der Waals surface area (Å²) < 4.78 is 32.9. The Morgan fingerprint density at radius 2 is 1.62 bits per heavy atom. The van der Waals surface area contributed by atoms with Crippen molar-refractivity contribution in [1.29, 1.82) is 0 Å². The van der Waals surface area contributed by atoms with Crippen molar-refractivity contribution in [2.24, 2.45) is 0 Å². The average Bonchev–Trinajstić information content (AvgIpc) is 2.53. The smallest absolute Gasteiger partial charge is 0.244 e. The number of anilines is 1. The molecule has 140 valence electrons. The Labute approximate surface area is 154 Å². The Morgan fingerprint density at radius 1 is 1.00 bits per heavy atom. The minimum atomic E-state index is -3.91. The van der Waals surface area contributed by atoms with Gasteiger partial charge in [-0.25, -0.2) is 8.42 Å². The van der Waals surface area contributed by atoms with Crippen LogP contribution in [0.25, 0.3) is 0 Å². The molecule has 0 radical (unpaired) electrons. The quantitative estimate of drug-likeness (QED) is 0.812. The van der Waals surface area contributed by atoms with Gasteiger partial charge in [-0.3, -0.25) is 4.79 Å². The van der Waals surface area contributed by atoms with E-state index in [1.54, 1.807) is 19.1 Å². The highest BCUT2D eigenvalue weighted by Crippen LogP contribution is 2.24. The summed E-state index contributed by atoms with van der Waals surface area (Å²) in [5.41, 5.74) is 3.43. The van der Waals surface area contributed by atoms with Gasteiger partial charge < -0.3 is 10.1 Å². The van der Waals surface area contributed by atoms with Gasteiger partial charge in [-0.05, 0) is 68.7 Å². The molecule has 0 fully saturated rings. The highest BCUT2D eigenvalue weighted by Gasteiger charge is 2.25. The summed E-state index contributed by atoms with van der Waals surface area (Å²) in [7, 11) is -2.51. The van der Waals surface area contributed by atoms with Crippen molar-refractivity contribution in [3.63, 3.8) is 0 Å². The highest BCUT2D eigenvalue weighted by molar-refractivity contribution is 7.89. The number of methoxy groups -OCH3 is 1. The van der Waals surface area contributed by atoms with Crippen LogP contribution in [-0.4, -0.2) is 27.5 Å². The van der Waals surface area contributed by atoms with Crippen molar-refractivity contribution in [2.45, 2.75) is 38.6 Å². The molecular weight excluding hydrogens is 352 g/mol. The molecule has 0 aliphatic carbocycles. The predicted octanol–water partition coefficient (Wildman–Crippen LogP) is 2.93. The third-order valence-electron chi connectivity index (χ3n) is 3.82. The third kappa shape index (κ3) is 4.83. The van der Waals surface area contributed by atoms with Gasteiger partial charge >= 0.3 is 0 Å². The maximum Gasteiger partial charge on any atom is 0.244 e. The van der Waals surface area contributed by atoms with Gasteiger partial charge in [0.15, 0.2) is 0 Å². The molecule has 2 aromatic rings. The molecule has 0 aliphatic rings. The van der Waals surface area contributed by atoms with Crippen molar-refractivity contribution >= 4 is 21.6 Å². The van der Waals surface area contributed by atoms with Crippen LogP contribution >= 0.6 is 0 Å². The molecule has 1 amide bonds. The first-order valence-corrected chi connectivity index (χ1v) is 9.67. The zero-order valence-corrected chi connectivity index (χ0v) is 16.4. The van der Waals surface area contributed by atoms with Crippen LogP contribution in [-0.2, 0) is 14.8 Å². The van der Waals surface area contributed by atoms with Gasteiger partial charge in [-0.15, -0.1) is 0 Å². The van der Waals surface area contributed by atoms with Gasteiger partial charge in [0.05, 0.1) is 13.2 Å². The standard InChI is InChI=1S/C19H24N2O4S/c1-12-6-7-17(25-5)18(11-12)26(23,24)21-15(4)19(22)20-16-9-13(2)8-14(3)10-16/h6-11,15,21H,1-5H3,(H,20,22)/t15-/m0/s1. The summed E-state index contributed by atoms with van der Waals surface area (Å²) >= 11 is 0. The summed E-state index contributed by atoms with van der Waals surface area (Å²) in [5, 5.41) is 2.74. The van der Waals surface area contributed by atoms with Gasteiger partial charge in [-0.1, -0.05) is 12.1 Å². The lowest BCUT2D eigenvalue weighted by atomic mass is 10.1. The number of benzene rings is 2. The summed E-state index contributed by atoms with van der Waals surface area (Å²) in [6, 6.07) is 9.55. The van der Waals surface area contributed by atoms with Crippen LogP contribution < -0.4 is 14.8 Å². The van der Waals surface area contributed by atoms with E-state index in [1.807, 2.05) is 32.0 Å². The van der Waals surface area contributed by atoms with E-state index in [-0.39, 0.29) is 10.6 Å². The zero-order valence-electron chi connectivity index (χ0n) is 15.6. The van der Waals surface area contributed by atoms with E-state index in [2.05, 4.69) is 10.0 Å². The summed E-state index contributed by atoms with van der Waals surface area (Å²) in [4.78, 5) is 12.4. The fraction of sp³-hybridized carbons (Fsp3) is 0.316. The van der Waals surface area contributed by atoms with E-state index in [0.29, 0.717) is 5.69 Å². The molecule has 1 atom stereocenters. The van der Waals surface area contributed by atoms with Crippen LogP contribution in [0.4, 0.5) is 5.69 Å². The second-order valence-corrected chi connectivity index (χ2v) is 8.05. The Kier molecular flexibility index (Phi) is 6.05. The fourth-order valence-electron chi connectivity index (χ4n) is 2.64. The third-order valence-corrected chi connectivity index (χ3v) is 5.39. The van der Waals surface area contributed by atoms with Crippen LogP contribution in [0, 0.1) is 20.8 Å². The maximum absolute atomic E-state index is 12.7. The van der Waals surface area contributed by atoms with E-state index in [9.17, 15) is 13.2 Å². The number of carbonyl (C=O) groups excluding carboxylic acids is 1. The van der Waals surface area contributed by atoms with Gasteiger partial charge in [-0.2, -0.15) is 4.72 Å². The van der Waals surface area contributed by atoms with Crippen LogP contribution in [0.5, 0.6) is 5.75 Å². The topological polar surface area (TPSA) is 84.5 Å². The Balaban J connectivity index is 2.18. The van der Waals surface area contributed by atoms with Gasteiger partial charge in [0.2, 0.25) is 15.9 Å². The summed E-state index contributed by atoms with van der Waals surface area (Å²) in [5.74, 6) is -0.213. The number of nitrogens with one attached hydrogen (secondary N) is 2. The molecule has 2 N–H and O–H groups in total. The number of hydrogen-bond donors (Lipinski definition) is 2. The van der Waals surface area contributed by atoms with Crippen LogP contribution in [0.2, 0.25) is 0 Å². The molecule has 0 saturated heterocycles. The number of carbonyl (C=O) groups is 1. The van der Waals surface area contributed by atoms with Gasteiger partial charge in [0, 0.05) is 5.69 Å². The van der Waals surface area contributed by atoms with Gasteiger partial charge in [0.25, 0.3) is 0 Å². The largest absolute Gasteiger partial charge is 0.495 e. The molecule has 0 heterocycles. The second kappa shape index (κ2) is 7.88. The lowest BCUT2D eigenvalue weighted by Crippen LogP contribution is -2.41. The Morgan fingerprint density at radius 3 is 2.19 bits per heavy atom.